The van der Waals surface area contributed by atoms with Crippen molar-refractivity contribution in [2.24, 2.45) is 0 Å². The van der Waals surface area contributed by atoms with Gasteiger partial charge in [-0.2, -0.15) is 0 Å². The zero-order valence-corrected chi connectivity index (χ0v) is 13.5. The quantitative estimate of drug-likeness (QED) is 0.883. The zero-order chi connectivity index (χ0) is 15.7. The maximum atomic E-state index is 12.4. The van der Waals surface area contributed by atoms with E-state index >= 15 is 0 Å². The number of thioether (sulfide) groups is 1. The fraction of sp³-hybridized carbons (Fsp3) is 0.429. The summed E-state index contributed by atoms with van der Waals surface area (Å²) in [6, 6.07) is 7.15. The van der Waals surface area contributed by atoms with Crippen LogP contribution in [0, 0.1) is 0 Å². The number of sulfone groups is 1. The fourth-order valence-corrected chi connectivity index (χ4v) is 6.13. The second-order valence-corrected chi connectivity index (χ2v) is 8.90. The number of rotatable bonds is 3. The topological polar surface area (TPSA) is 83.6 Å². The number of hydrogen-bond donors (Lipinski definition) is 1. The van der Waals surface area contributed by atoms with E-state index in [4.69, 9.17) is 0 Å². The molecule has 1 fully saturated rings. The highest BCUT2D eigenvalue weighted by Gasteiger charge is 2.31. The van der Waals surface area contributed by atoms with Crippen LogP contribution in [0.25, 0.3) is 0 Å². The first-order valence-electron chi connectivity index (χ1n) is 6.96. The molecule has 1 N–H and O–H groups in total. The predicted molar refractivity (Wildman–Crippen MR) is 86.9 cm³/mol. The van der Waals surface area contributed by atoms with Crippen LogP contribution in [0.4, 0.5) is 11.4 Å². The molecule has 2 aliphatic heterocycles. The maximum absolute atomic E-state index is 12.4. The predicted octanol–water partition coefficient (Wildman–Crippen LogP) is 0.892. The summed E-state index contributed by atoms with van der Waals surface area (Å²) >= 11 is 1.36. The zero-order valence-electron chi connectivity index (χ0n) is 11.8. The lowest BCUT2D eigenvalue weighted by molar-refractivity contribution is -0.120. The first kappa shape index (κ1) is 15.4. The summed E-state index contributed by atoms with van der Waals surface area (Å²) in [4.78, 5) is 25.6. The van der Waals surface area contributed by atoms with Crippen molar-refractivity contribution in [3.8, 4) is 0 Å². The molecule has 2 amide bonds. The Kier molecular flexibility index (Phi) is 4.14. The van der Waals surface area contributed by atoms with Crippen LogP contribution in [0.3, 0.4) is 0 Å². The molecule has 118 valence electrons. The van der Waals surface area contributed by atoms with Crippen molar-refractivity contribution in [3.63, 3.8) is 0 Å². The largest absolute Gasteiger partial charge is 0.323 e. The third-order valence-electron chi connectivity index (χ3n) is 3.70. The molecule has 6 nitrogen and oxygen atoms in total. The molecular formula is C14H16N2O4S2. The Balaban J connectivity index is 1.67. The standard InChI is InChI=1S/C14H16N2O4S2/c17-13-7-16(12-4-2-1-3-11(12)15-13)14(18)8-21-10-5-6-22(19,20)9-10/h1-4,10H,5-9H2,(H,15,17). The molecule has 0 aromatic heterocycles. The summed E-state index contributed by atoms with van der Waals surface area (Å²) in [5.41, 5.74) is 1.31. The minimum Gasteiger partial charge on any atom is -0.323 e. The molecule has 1 aromatic carbocycles. The fourth-order valence-electron chi connectivity index (χ4n) is 2.62. The van der Waals surface area contributed by atoms with Gasteiger partial charge in [0.05, 0.1) is 28.6 Å². The smallest absolute Gasteiger partial charge is 0.244 e. The van der Waals surface area contributed by atoms with E-state index in [1.54, 1.807) is 18.2 Å². The van der Waals surface area contributed by atoms with Gasteiger partial charge in [-0.15, -0.1) is 11.8 Å². The van der Waals surface area contributed by atoms with Gasteiger partial charge in [-0.1, -0.05) is 12.1 Å². The molecule has 1 saturated heterocycles. The molecule has 2 aliphatic rings. The first-order valence-corrected chi connectivity index (χ1v) is 9.83. The van der Waals surface area contributed by atoms with Crippen molar-refractivity contribution >= 4 is 44.8 Å². The van der Waals surface area contributed by atoms with Gasteiger partial charge in [0.2, 0.25) is 11.8 Å². The second-order valence-electron chi connectivity index (χ2n) is 5.38. The van der Waals surface area contributed by atoms with Crippen LogP contribution in [-0.4, -0.2) is 49.3 Å². The number of carbonyl (C=O) groups is 2. The lowest BCUT2D eigenvalue weighted by Crippen LogP contribution is -2.43. The summed E-state index contributed by atoms with van der Waals surface area (Å²) in [5.74, 6) is 0.134. The van der Waals surface area contributed by atoms with Crippen molar-refractivity contribution in [1.82, 2.24) is 0 Å². The molecule has 1 atom stereocenters. The maximum Gasteiger partial charge on any atom is 0.244 e. The molecule has 0 bridgehead atoms. The number of fused-ring (bicyclic) bond motifs is 1. The van der Waals surface area contributed by atoms with Gasteiger partial charge in [-0.3, -0.25) is 9.59 Å². The Bertz CT molecular complexity index is 717. The summed E-state index contributed by atoms with van der Waals surface area (Å²) in [7, 11) is -2.94. The summed E-state index contributed by atoms with van der Waals surface area (Å²) in [6.07, 6.45) is 0.595. The van der Waals surface area contributed by atoms with Crippen molar-refractivity contribution in [2.75, 3.05) is 34.0 Å². The van der Waals surface area contributed by atoms with Gasteiger partial charge < -0.3 is 10.2 Å². The van der Waals surface area contributed by atoms with Crippen LogP contribution in [0.1, 0.15) is 6.42 Å². The van der Waals surface area contributed by atoms with E-state index < -0.39 is 9.84 Å². The van der Waals surface area contributed by atoms with Crippen LogP contribution in [0.5, 0.6) is 0 Å². The molecule has 0 aliphatic carbocycles. The average Bonchev–Trinajstić information content (AvgIpc) is 2.83. The van der Waals surface area contributed by atoms with E-state index in [1.165, 1.54) is 16.7 Å². The van der Waals surface area contributed by atoms with E-state index in [0.29, 0.717) is 17.8 Å². The molecular weight excluding hydrogens is 324 g/mol. The van der Waals surface area contributed by atoms with Crippen LogP contribution < -0.4 is 10.2 Å². The van der Waals surface area contributed by atoms with E-state index in [1.807, 2.05) is 6.07 Å². The van der Waals surface area contributed by atoms with Crippen LogP contribution in [0.2, 0.25) is 0 Å². The van der Waals surface area contributed by atoms with Crippen LogP contribution >= 0.6 is 11.8 Å². The summed E-state index contributed by atoms with van der Waals surface area (Å²) < 4.78 is 22.9. The second kappa shape index (κ2) is 5.92. The Hall–Kier alpha value is -1.54. The first-order chi connectivity index (χ1) is 10.4. The lowest BCUT2D eigenvalue weighted by Gasteiger charge is -2.29. The Morgan fingerprint density at radius 3 is 2.86 bits per heavy atom. The summed E-state index contributed by atoms with van der Waals surface area (Å²) in [5, 5.41) is 2.71. The molecule has 1 aromatic rings. The number of amides is 2. The van der Waals surface area contributed by atoms with E-state index in [0.717, 1.165) is 0 Å². The van der Waals surface area contributed by atoms with Crippen molar-refractivity contribution < 1.29 is 18.0 Å². The van der Waals surface area contributed by atoms with E-state index in [2.05, 4.69) is 5.32 Å². The highest BCUT2D eigenvalue weighted by molar-refractivity contribution is 8.02. The molecule has 0 spiro atoms. The van der Waals surface area contributed by atoms with Gasteiger partial charge in [-0.05, 0) is 18.6 Å². The Labute approximate surface area is 133 Å². The summed E-state index contributed by atoms with van der Waals surface area (Å²) in [6.45, 7) is -0.000623. The average molecular weight is 340 g/mol. The van der Waals surface area contributed by atoms with Gasteiger partial charge in [-0.25, -0.2) is 8.42 Å². The number of carbonyl (C=O) groups excluding carboxylic acids is 2. The van der Waals surface area contributed by atoms with Gasteiger partial charge >= 0.3 is 0 Å². The molecule has 3 rings (SSSR count). The van der Waals surface area contributed by atoms with Crippen molar-refractivity contribution in [3.05, 3.63) is 24.3 Å². The minimum absolute atomic E-state index is 0.000623. The van der Waals surface area contributed by atoms with Crippen LogP contribution in [-0.2, 0) is 19.4 Å². The number of nitrogens with zero attached hydrogens (tertiary/aromatic N) is 1. The van der Waals surface area contributed by atoms with Crippen molar-refractivity contribution in [2.45, 2.75) is 11.7 Å². The van der Waals surface area contributed by atoms with Gasteiger partial charge in [0.15, 0.2) is 9.84 Å². The number of benzene rings is 1. The Morgan fingerprint density at radius 2 is 2.14 bits per heavy atom. The highest BCUT2D eigenvalue weighted by Crippen LogP contribution is 2.30. The normalized spacial score (nSPS) is 23.0. The molecule has 22 heavy (non-hydrogen) atoms. The van der Waals surface area contributed by atoms with Crippen LogP contribution in [0.15, 0.2) is 24.3 Å². The number of anilines is 2. The number of hydrogen-bond acceptors (Lipinski definition) is 5. The Morgan fingerprint density at radius 1 is 1.36 bits per heavy atom. The highest BCUT2D eigenvalue weighted by atomic mass is 32.2. The van der Waals surface area contributed by atoms with E-state index in [9.17, 15) is 18.0 Å². The molecule has 0 radical (unpaired) electrons. The van der Waals surface area contributed by atoms with Gasteiger partial charge in [0, 0.05) is 5.25 Å². The SMILES string of the molecule is O=C1CN(C(=O)CSC2CCS(=O)(=O)C2)c2ccccc2N1. The molecule has 8 heteroatoms. The number of nitrogens with one attached hydrogen (secondary N) is 1. The van der Waals surface area contributed by atoms with E-state index in [-0.39, 0.29) is 40.9 Å². The van der Waals surface area contributed by atoms with Gasteiger partial charge in [0.1, 0.15) is 6.54 Å². The molecule has 1 unspecified atom stereocenters. The molecule has 2 heterocycles. The monoisotopic (exact) mass is 340 g/mol. The minimum atomic E-state index is -2.94. The third kappa shape index (κ3) is 3.27. The number of para-hydroxylation sites is 2. The third-order valence-corrected chi connectivity index (χ3v) is 6.97. The van der Waals surface area contributed by atoms with Crippen molar-refractivity contribution in [1.29, 1.82) is 0 Å². The van der Waals surface area contributed by atoms with Gasteiger partial charge in [0.25, 0.3) is 0 Å². The molecule has 0 saturated carbocycles. The lowest BCUT2D eigenvalue weighted by atomic mass is 10.2.